The van der Waals surface area contributed by atoms with Gasteiger partial charge in [0.1, 0.15) is 6.04 Å². The van der Waals surface area contributed by atoms with Crippen molar-refractivity contribution in [2.45, 2.75) is 24.9 Å². The van der Waals surface area contributed by atoms with Gasteiger partial charge in [0.15, 0.2) is 0 Å². The van der Waals surface area contributed by atoms with Crippen LogP contribution >= 0.6 is 0 Å². The van der Waals surface area contributed by atoms with Crippen molar-refractivity contribution in [1.82, 2.24) is 25.3 Å². The molecule has 2 rings (SSSR count). The Hall–Kier alpha value is -1.40. The smallest absolute Gasteiger partial charge is 0.241 e. The zero-order valence-electron chi connectivity index (χ0n) is 11.9. The van der Waals surface area contributed by atoms with Crippen LogP contribution in [0.25, 0.3) is 0 Å². The van der Waals surface area contributed by atoms with Gasteiger partial charge >= 0.3 is 0 Å². The third kappa shape index (κ3) is 3.78. The van der Waals surface area contributed by atoms with Gasteiger partial charge in [-0.15, -0.1) is 0 Å². The number of hydrogen-bond donors (Lipinski definition) is 2. The number of aromatic nitrogens is 2. The highest BCUT2D eigenvalue weighted by molar-refractivity contribution is 5.82. The first-order valence-electron chi connectivity index (χ1n) is 6.75. The van der Waals surface area contributed by atoms with Crippen molar-refractivity contribution < 1.29 is 4.79 Å². The summed E-state index contributed by atoms with van der Waals surface area (Å²) in [6.45, 7) is 1.59. The van der Waals surface area contributed by atoms with E-state index in [2.05, 4.69) is 27.7 Å². The zero-order valence-corrected chi connectivity index (χ0v) is 11.9. The minimum atomic E-state index is -0.333. The maximum absolute atomic E-state index is 12.1. The molecule has 0 spiro atoms. The molecule has 1 aliphatic rings. The summed E-state index contributed by atoms with van der Waals surface area (Å²) in [7, 11) is 5.74. The number of carbonyl (C=O) groups excluding carboxylic acids is 1. The number of hydrogen-bond acceptors (Lipinski definition) is 4. The van der Waals surface area contributed by atoms with Crippen LogP contribution in [0.2, 0.25) is 0 Å². The largest absolute Gasteiger partial charge is 0.353 e. The lowest BCUT2D eigenvalue weighted by Crippen LogP contribution is -2.39. The molecule has 6 nitrogen and oxygen atoms in total. The van der Waals surface area contributed by atoms with Gasteiger partial charge in [0.05, 0.1) is 6.20 Å². The molecule has 1 saturated carbocycles. The molecule has 2 N–H and O–H groups in total. The Morgan fingerprint density at radius 2 is 2.37 bits per heavy atom. The van der Waals surface area contributed by atoms with Crippen LogP contribution in [-0.4, -0.2) is 53.8 Å². The second-order valence-corrected chi connectivity index (χ2v) is 5.17. The number of carbonyl (C=O) groups is 1. The van der Waals surface area contributed by atoms with Crippen molar-refractivity contribution in [3.63, 3.8) is 0 Å². The average Bonchev–Trinajstić information content (AvgIpc) is 3.14. The van der Waals surface area contributed by atoms with Gasteiger partial charge in [-0.1, -0.05) is 0 Å². The van der Waals surface area contributed by atoms with Crippen molar-refractivity contribution in [3.8, 4) is 0 Å². The predicted molar refractivity (Wildman–Crippen MR) is 73.7 cm³/mol. The summed E-state index contributed by atoms with van der Waals surface area (Å²) >= 11 is 0. The van der Waals surface area contributed by atoms with E-state index in [1.807, 2.05) is 13.2 Å². The Balaban J connectivity index is 1.79. The number of likely N-dealkylation sites (N-methyl/N-ethyl adjacent to an activating group) is 2. The maximum atomic E-state index is 12.1. The van der Waals surface area contributed by atoms with E-state index in [1.54, 1.807) is 17.9 Å². The Bertz CT molecular complexity index is 426. The minimum absolute atomic E-state index is 0.000281. The van der Waals surface area contributed by atoms with Gasteiger partial charge in [-0.25, -0.2) is 0 Å². The quantitative estimate of drug-likeness (QED) is 0.722. The van der Waals surface area contributed by atoms with Crippen molar-refractivity contribution in [3.05, 3.63) is 18.0 Å². The summed E-state index contributed by atoms with van der Waals surface area (Å²) < 4.78 is 1.70. The molecular weight excluding hydrogens is 242 g/mol. The summed E-state index contributed by atoms with van der Waals surface area (Å²) in [5.74, 6) is -0.000281. The van der Waals surface area contributed by atoms with E-state index in [1.165, 1.54) is 12.8 Å². The van der Waals surface area contributed by atoms with Crippen LogP contribution < -0.4 is 10.6 Å². The van der Waals surface area contributed by atoms with Crippen LogP contribution in [0.4, 0.5) is 0 Å². The van der Waals surface area contributed by atoms with Crippen LogP contribution in [0.1, 0.15) is 24.4 Å². The summed E-state index contributed by atoms with van der Waals surface area (Å²) in [5.41, 5.74) is 0.887. The molecule has 1 aromatic heterocycles. The minimum Gasteiger partial charge on any atom is -0.353 e. The van der Waals surface area contributed by atoms with E-state index >= 15 is 0 Å². The van der Waals surface area contributed by atoms with Crippen molar-refractivity contribution >= 4 is 5.91 Å². The first kappa shape index (κ1) is 14.0. The van der Waals surface area contributed by atoms with Crippen molar-refractivity contribution in [1.29, 1.82) is 0 Å². The number of amides is 1. The van der Waals surface area contributed by atoms with Crippen LogP contribution in [0.15, 0.2) is 12.4 Å². The fourth-order valence-corrected chi connectivity index (χ4v) is 2.19. The van der Waals surface area contributed by atoms with Gasteiger partial charge in [0.2, 0.25) is 5.91 Å². The highest BCUT2D eigenvalue weighted by atomic mass is 16.2. The van der Waals surface area contributed by atoms with E-state index in [0.717, 1.165) is 18.2 Å². The molecule has 0 bridgehead atoms. The molecule has 0 aliphatic heterocycles. The monoisotopic (exact) mass is 265 g/mol. The van der Waals surface area contributed by atoms with Crippen LogP contribution in [-0.2, 0) is 11.8 Å². The lowest BCUT2D eigenvalue weighted by molar-refractivity contribution is -0.123. The molecule has 0 radical (unpaired) electrons. The van der Waals surface area contributed by atoms with E-state index < -0.39 is 0 Å². The fourth-order valence-electron chi connectivity index (χ4n) is 2.19. The highest BCUT2D eigenvalue weighted by Gasteiger charge is 2.26. The normalized spacial score (nSPS) is 16.6. The molecule has 6 heteroatoms. The van der Waals surface area contributed by atoms with E-state index in [-0.39, 0.29) is 11.9 Å². The molecular formula is C13H23N5O. The summed E-state index contributed by atoms with van der Waals surface area (Å²) in [5, 5.41) is 10.1. The molecule has 1 fully saturated rings. The summed E-state index contributed by atoms with van der Waals surface area (Å²) in [4.78, 5) is 14.4. The Labute approximate surface area is 114 Å². The van der Waals surface area contributed by atoms with E-state index in [4.69, 9.17) is 0 Å². The first-order chi connectivity index (χ1) is 9.11. The van der Waals surface area contributed by atoms with Gasteiger partial charge in [-0.3, -0.25) is 9.48 Å². The maximum Gasteiger partial charge on any atom is 0.241 e. The molecule has 0 aromatic carbocycles. The molecule has 0 saturated heterocycles. The van der Waals surface area contributed by atoms with Gasteiger partial charge < -0.3 is 15.5 Å². The Morgan fingerprint density at radius 3 is 2.89 bits per heavy atom. The molecule has 1 aliphatic carbocycles. The third-order valence-electron chi connectivity index (χ3n) is 3.54. The van der Waals surface area contributed by atoms with Gasteiger partial charge in [-0.2, -0.15) is 5.10 Å². The standard InChI is InChI=1S/C13H23N5O/c1-14-12(10-8-16-18(3)9-10)13(19)15-6-7-17(2)11-4-5-11/h8-9,11-12,14H,4-7H2,1-3H3,(H,15,19). The van der Waals surface area contributed by atoms with Crippen molar-refractivity contribution in [2.75, 3.05) is 27.2 Å². The molecule has 106 valence electrons. The zero-order chi connectivity index (χ0) is 13.8. The predicted octanol–water partition coefficient (Wildman–Crippen LogP) is -0.109. The molecule has 1 amide bonds. The van der Waals surface area contributed by atoms with E-state index in [0.29, 0.717) is 6.54 Å². The van der Waals surface area contributed by atoms with Crippen molar-refractivity contribution in [2.24, 2.45) is 7.05 Å². The fraction of sp³-hybridized carbons (Fsp3) is 0.692. The topological polar surface area (TPSA) is 62.2 Å². The number of rotatable bonds is 7. The first-order valence-corrected chi connectivity index (χ1v) is 6.75. The lowest BCUT2D eigenvalue weighted by atomic mass is 10.1. The van der Waals surface area contributed by atoms with Crippen LogP contribution in [0.3, 0.4) is 0 Å². The third-order valence-corrected chi connectivity index (χ3v) is 3.54. The SMILES string of the molecule is CNC(C(=O)NCCN(C)C1CC1)c1cnn(C)c1. The molecule has 1 unspecified atom stereocenters. The number of nitrogens with one attached hydrogen (secondary N) is 2. The Morgan fingerprint density at radius 1 is 1.63 bits per heavy atom. The molecule has 19 heavy (non-hydrogen) atoms. The molecule has 1 aromatic rings. The molecule has 1 atom stereocenters. The van der Waals surface area contributed by atoms with E-state index in [9.17, 15) is 4.79 Å². The highest BCUT2D eigenvalue weighted by Crippen LogP contribution is 2.24. The Kier molecular flexibility index (Phi) is 4.55. The lowest BCUT2D eigenvalue weighted by Gasteiger charge is -2.18. The summed E-state index contributed by atoms with van der Waals surface area (Å²) in [6.07, 6.45) is 6.16. The van der Waals surface area contributed by atoms with Crippen LogP contribution in [0.5, 0.6) is 0 Å². The van der Waals surface area contributed by atoms with Crippen LogP contribution in [0, 0.1) is 0 Å². The second kappa shape index (κ2) is 6.16. The summed E-state index contributed by atoms with van der Waals surface area (Å²) in [6, 6.07) is 0.398. The average molecular weight is 265 g/mol. The number of nitrogens with zero attached hydrogens (tertiary/aromatic N) is 3. The molecule has 1 heterocycles. The number of aryl methyl sites for hydroxylation is 1. The second-order valence-electron chi connectivity index (χ2n) is 5.17. The van der Waals surface area contributed by atoms with Gasteiger partial charge in [0, 0.05) is 37.9 Å². The van der Waals surface area contributed by atoms with Gasteiger partial charge in [0.25, 0.3) is 0 Å². The van der Waals surface area contributed by atoms with Gasteiger partial charge in [-0.05, 0) is 26.9 Å².